The van der Waals surface area contributed by atoms with Crippen molar-refractivity contribution in [2.75, 3.05) is 11.9 Å². The molecule has 0 heterocycles. The first-order chi connectivity index (χ1) is 8.37. The van der Waals surface area contributed by atoms with Crippen molar-refractivity contribution in [3.8, 4) is 0 Å². The zero-order chi connectivity index (χ0) is 13.8. The van der Waals surface area contributed by atoms with Gasteiger partial charge in [-0.1, -0.05) is 0 Å². The Kier molecular flexibility index (Phi) is 4.74. The Balaban J connectivity index is 2.84. The predicted molar refractivity (Wildman–Crippen MR) is 61.9 cm³/mol. The molecule has 3 N–H and O–H groups in total. The Hall–Kier alpha value is -1.54. The lowest BCUT2D eigenvalue weighted by Crippen LogP contribution is -2.16. The summed E-state index contributed by atoms with van der Waals surface area (Å²) in [6, 6.07) is 4.51. The van der Waals surface area contributed by atoms with Crippen molar-refractivity contribution < 1.29 is 22.0 Å². The van der Waals surface area contributed by atoms with Crippen LogP contribution in [0.1, 0.15) is 6.42 Å². The number of amides is 1. The van der Waals surface area contributed by atoms with E-state index in [9.17, 15) is 22.0 Å². The van der Waals surface area contributed by atoms with Gasteiger partial charge in [0, 0.05) is 18.7 Å². The Bertz CT molecular complexity index is 514. The van der Waals surface area contributed by atoms with Gasteiger partial charge in [-0.3, -0.25) is 4.79 Å². The SMILES string of the molecule is NCCC(=O)Nc1ccc(S(=O)(=O)C(F)F)cc1. The number of carbonyl (C=O) groups is 1. The maximum atomic E-state index is 12.2. The van der Waals surface area contributed by atoms with Crippen LogP contribution in [-0.2, 0) is 14.6 Å². The van der Waals surface area contributed by atoms with Gasteiger partial charge >= 0.3 is 5.76 Å². The summed E-state index contributed by atoms with van der Waals surface area (Å²) in [5.41, 5.74) is 5.50. The van der Waals surface area contributed by atoms with Gasteiger partial charge in [-0.2, -0.15) is 8.78 Å². The number of halogens is 2. The number of nitrogens with one attached hydrogen (secondary N) is 1. The van der Waals surface area contributed by atoms with E-state index in [2.05, 4.69) is 5.32 Å². The Morgan fingerprint density at radius 2 is 1.83 bits per heavy atom. The molecular weight excluding hydrogens is 266 g/mol. The number of hydrogen-bond acceptors (Lipinski definition) is 4. The van der Waals surface area contributed by atoms with Crippen LogP contribution in [0.2, 0.25) is 0 Å². The highest BCUT2D eigenvalue weighted by molar-refractivity contribution is 7.91. The lowest BCUT2D eigenvalue weighted by atomic mass is 10.3. The van der Waals surface area contributed by atoms with E-state index >= 15 is 0 Å². The minimum Gasteiger partial charge on any atom is -0.330 e. The molecule has 0 radical (unpaired) electrons. The molecule has 8 heteroatoms. The molecule has 5 nitrogen and oxygen atoms in total. The van der Waals surface area contributed by atoms with E-state index in [1.807, 2.05) is 0 Å². The van der Waals surface area contributed by atoms with Gasteiger partial charge in [0.1, 0.15) is 0 Å². The van der Waals surface area contributed by atoms with E-state index in [4.69, 9.17) is 5.73 Å². The number of anilines is 1. The molecule has 0 aromatic heterocycles. The van der Waals surface area contributed by atoms with Crippen LogP contribution in [0, 0.1) is 0 Å². The van der Waals surface area contributed by atoms with Crippen molar-refractivity contribution in [1.29, 1.82) is 0 Å². The average Bonchev–Trinajstić information content (AvgIpc) is 2.29. The van der Waals surface area contributed by atoms with Crippen LogP contribution < -0.4 is 11.1 Å². The van der Waals surface area contributed by atoms with Gasteiger partial charge in [-0.05, 0) is 24.3 Å². The van der Waals surface area contributed by atoms with Gasteiger partial charge < -0.3 is 11.1 Å². The molecule has 0 atom stereocenters. The summed E-state index contributed by atoms with van der Waals surface area (Å²) >= 11 is 0. The van der Waals surface area contributed by atoms with Gasteiger partial charge in [-0.25, -0.2) is 8.42 Å². The first-order valence-corrected chi connectivity index (χ1v) is 6.54. The largest absolute Gasteiger partial charge is 0.341 e. The fraction of sp³-hybridized carbons (Fsp3) is 0.300. The molecule has 1 aromatic carbocycles. The quantitative estimate of drug-likeness (QED) is 0.840. The maximum Gasteiger partial charge on any atom is 0.341 e. The van der Waals surface area contributed by atoms with Crippen LogP contribution >= 0.6 is 0 Å². The van der Waals surface area contributed by atoms with Gasteiger partial charge in [0.15, 0.2) is 0 Å². The molecule has 100 valence electrons. The first-order valence-electron chi connectivity index (χ1n) is 5.00. The van der Waals surface area contributed by atoms with Gasteiger partial charge in [0.2, 0.25) is 15.7 Å². The third-order valence-electron chi connectivity index (χ3n) is 2.07. The van der Waals surface area contributed by atoms with Crippen molar-refractivity contribution >= 4 is 21.4 Å². The molecule has 0 saturated heterocycles. The summed E-state index contributed by atoms with van der Waals surface area (Å²) in [6.45, 7) is 0.184. The van der Waals surface area contributed by atoms with Crippen LogP contribution in [-0.4, -0.2) is 26.6 Å². The molecule has 18 heavy (non-hydrogen) atoms. The van der Waals surface area contributed by atoms with Crippen LogP contribution in [0.4, 0.5) is 14.5 Å². The average molecular weight is 278 g/mol. The molecule has 0 aliphatic heterocycles. The molecular formula is C10H12F2N2O3S. The second-order valence-corrected chi connectivity index (χ2v) is 5.33. The summed E-state index contributed by atoms with van der Waals surface area (Å²) in [4.78, 5) is 10.7. The van der Waals surface area contributed by atoms with E-state index in [1.54, 1.807) is 0 Å². The van der Waals surface area contributed by atoms with Crippen LogP contribution in [0.15, 0.2) is 29.2 Å². The summed E-state index contributed by atoms with van der Waals surface area (Å²) in [6.07, 6.45) is 0.122. The second kappa shape index (κ2) is 5.87. The Morgan fingerprint density at radius 1 is 1.28 bits per heavy atom. The number of benzene rings is 1. The molecule has 0 saturated carbocycles. The van der Waals surface area contributed by atoms with Gasteiger partial charge in [0.05, 0.1) is 4.90 Å². The first kappa shape index (κ1) is 14.5. The van der Waals surface area contributed by atoms with Crippen LogP contribution in [0.25, 0.3) is 0 Å². The van der Waals surface area contributed by atoms with Gasteiger partial charge in [0.25, 0.3) is 0 Å². The van der Waals surface area contributed by atoms with E-state index in [0.29, 0.717) is 5.69 Å². The molecule has 0 bridgehead atoms. The zero-order valence-corrected chi connectivity index (χ0v) is 10.1. The summed E-state index contributed by atoms with van der Waals surface area (Å²) in [7, 11) is -4.60. The molecule has 1 rings (SSSR count). The van der Waals surface area contributed by atoms with Crippen molar-refractivity contribution in [3.63, 3.8) is 0 Å². The predicted octanol–water partition coefficient (Wildman–Crippen LogP) is 0.970. The number of sulfone groups is 1. The van der Waals surface area contributed by atoms with E-state index in [1.165, 1.54) is 12.1 Å². The molecule has 0 aliphatic carbocycles. The Labute approximate surface area is 103 Å². The van der Waals surface area contributed by atoms with Crippen molar-refractivity contribution in [1.82, 2.24) is 0 Å². The summed E-state index contributed by atoms with van der Waals surface area (Å²) in [5.74, 6) is -3.79. The topological polar surface area (TPSA) is 89.3 Å². The lowest BCUT2D eigenvalue weighted by molar-refractivity contribution is -0.116. The fourth-order valence-electron chi connectivity index (χ4n) is 1.19. The number of nitrogens with two attached hydrogens (primary N) is 1. The maximum absolute atomic E-state index is 12.2. The fourth-order valence-corrected chi connectivity index (χ4v) is 1.91. The van der Waals surface area contributed by atoms with Crippen molar-refractivity contribution in [2.24, 2.45) is 5.73 Å². The summed E-state index contributed by atoms with van der Waals surface area (Å²) < 4.78 is 46.7. The highest BCUT2D eigenvalue weighted by Gasteiger charge is 2.26. The number of carbonyl (C=O) groups excluding carboxylic acids is 1. The van der Waals surface area contributed by atoms with E-state index in [0.717, 1.165) is 12.1 Å². The summed E-state index contributed by atoms with van der Waals surface area (Å²) in [5, 5.41) is 2.45. The minimum atomic E-state index is -4.60. The third kappa shape index (κ3) is 3.47. The standard InChI is InChI=1S/C10H12F2N2O3S/c11-10(12)18(16,17)8-3-1-7(2-4-8)14-9(15)5-6-13/h1-4,10H,5-6,13H2,(H,14,15). The second-order valence-electron chi connectivity index (χ2n) is 3.42. The van der Waals surface area contributed by atoms with E-state index in [-0.39, 0.29) is 18.9 Å². The molecule has 1 amide bonds. The molecule has 1 aromatic rings. The zero-order valence-electron chi connectivity index (χ0n) is 9.27. The van der Waals surface area contributed by atoms with Gasteiger partial charge in [-0.15, -0.1) is 0 Å². The normalized spacial score (nSPS) is 11.6. The smallest absolute Gasteiger partial charge is 0.330 e. The van der Waals surface area contributed by atoms with Crippen LogP contribution in [0.5, 0.6) is 0 Å². The third-order valence-corrected chi connectivity index (χ3v) is 3.47. The molecule has 0 unspecified atom stereocenters. The highest BCUT2D eigenvalue weighted by Crippen LogP contribution is 2.20. The molecule has 0 aliphatic rings. The lowest BCUT2D eigenvalue weighted by Gasteiger charge is -2.06. The highest BCUT2D eigenvalue weighted by atomic mass is 32.2. The number of rotatable bonds is 5. The van der Waals surface area contributed by atoms with Crippen molar-refractivity contribution in [3.05, 3.63) is 24.3 Å². The molecule has 0 fully saturated rings. The number of hydrogen-bond donors (Lipinski definition) is 2. The van der Waals surface area contributed by atoms with Crippen LogP contribution in [0.3, 0.4) is 0 Å². The van der Waals surface area contributed by atoms with Crippen molar-refractivity contribution in [2.45, 2.75) is 17.1 Å². The van der Waals surface area contributed by atoms with E-state index < -0.39 is 20.5 Å². The number of alkyl halides is 2. The monoisotopic (exact) mass is 278 g/mol. The Morgan fingerprint density at radius 3 is 2.28 bits per heavy atom. The molecule has 0 spiro atoms. The minimum absolute atomic E-state index is 0.122.